The second-order valence-electron chi connectivity index (χ2n) is 6.90. The molecule has 2 unspecified atom stereocenters. The van der Waals surface area contributed by atoms with E-state index in [1.807, 2.05) is 20.8 Å². The number of halogens is 2. The fourth-order valence-corrected chi connectivity index (χ4v) is 3.07. The molecule has 0 fully saturated rings. The average Bonchev–Trinajstić information content (AvgIpc) is 2.93. The predicted molar refractivity (Wildman–Crippen MR) is 85.8 cm³/mol. The van der Waals surface area contributed by atoms with Crippen LogP contribution in [0.1, 0.15) is 77.2 Å². The van der Waals surface area contributed by atoms with Crippen molar-refractivity contribution < 1.29 is 18.3 Å². The molecule has 0 amide bonds. The fourth-order valence-electron chi connectivity index (χ4n) is 3.07. The lowest BCUT2D eigenvalue weighted by molar-refractivity contribution is -0.155. The Bertz CT molecular complexity index is 572. The van der Waals surface area contributed by atoms with Crippen molar-refractivity contribution >= 4 is 5.97 Å². The SMILES string of the molecule is CCC(C)OC(=O)CC1CCCCc2c(nnn2C(C)C)C1(F)F. The molecule has 0 saturated carbocycles. The highest BCUT2D eigenvalue weighted by molar-refractivity contribution is 5.70. The Morgan fingerprint density at radius 3 is 2.71 bits per heavy atom. The van der Waals surface area contributed by atoms with Gasteiger partial charge in [-0.25, -0.2) is 4.68 Å². The molecule has 1 aliphatic rings. The lowest BCUT2D eigenvalue weighted by Crippen LogP contribution is -2.32. The van der Waals surface area contributed by atoms with Gasteiger partial charge in [0, 0.05) is 12.0 Å². The first-order chi connectivity index (χ1) is 11.3. The normalized spacial score (nSPS) is 21.7. The molecule has 2 atom stereocenters. The summed E-state index contributed by atoms with van der Waals surface area (Å²) in [6.45, 7) is 7.44. The number of carbonyl (C=O) groups excluding carboxylic acids is 1. The molecule has 0 bridgehead atoms. The molecule has 136 valence electrons. The van der Waals surface area contributed by atoms with Gasteiger partial charge in [0.05, 0.1) is 18.2 Å². The first-order valence-electron chi connectivity index (χ1n) is 8.79. The monoisotopic (exact) mass is 343 g/mol. The standard InChI is InChI=1S/C17H27F2N3O2/c1-5-12(4)24-15(23)10-13-8-6-7-9-14-16(17(13,18)19)20-21-22(14)11(2)3/h11-13H,5-10H2,1-4H3. The predicted octanol–water partition coefficient (Wildman–Crippen LogP) is 4.03. The number of ether oxygens (including phenoxy) is 1. The molecular weight excluding hydrogens is 316 g/mol. The molecular formula is C17H27F2N3O2. The summed E-state index contributed by atoms with van der Waals surface area (Å²) in [5.41, 5.74) is 0.229. The minimum atomic E-state index is -3.17. The van der Waals surface area contributed by atoms with Gasteiger partial charge in [-0.2, -0.15) is 8.78 Å². The molecule has 24 heavy (non-hydrogen) atoms. The molecule has 0 spiro atoms. The number of carbonyl (C=O) groups is 1. The van der Waals surface area contributed by atoms with Gasteiger partial charge in [-0.05, 0) is 46.5 Å². The molecule has 7 heteroatoms. The van der Waals surface area contributed by atoms with E-state index in [0.29, 0.717) is 25.0 Å². The van der Waals surface area contributed by atoms with Gasteiger partial charge >= 0.3 is 5.97 Å². The van der Waals surface area contributed by atoms with E-state index >= 15 is 8.78 Å². The van der Waals surface area contributed by atoms with Crippen molar-refractivity contribution in [3.05, 3.63) is 11.4 Å². The number of nitrogens with zero attached hydrogens (tertiary/aromatic N) is 3. The quantitative estimate of drug-likeness (QED) is 0.758. The van der Waals surface area contributed by atoms with Gasteiger partial charge in [-0.3, -0.25) is 4.79 Å². The molecule has 1 heterocycles. The summed E-state index contributed by atoms with van der Waals surface area (Å²) < 4.78 is 36.8. The maximum Gasteiger partial charge on any atom is 0.306 e. The van der Waals surface area contributed by atoms with Crippen LogP contribution in [0.25, 0.3) is 0 Å². The number of hydrogen-bond acceptors (Lipinski definition) is 4. The fraction of sp³-hybridized carbons (Fsp3) is 0.824. The number of rotatable bonds is 5. The molecule has 0 aliphatic heterocycles. The first-order valence-corrected chi connectivity index (χ1v) is 8.79. The molecule has 1 aromatic rings. The lowest BCUT2D eigenvalue weighted by Gasteiger charge is -2.28. The third-order valence-electron chi connectivity index (χ3n) is 4.65. The van der Waals surface area contributed by atoms with Crippen molar-refractivity contribution in [2.75, 3.05) is 0 Å². The Kier molecular flexibility index (Phi) is 5.93. The minimum absolute atomic E-state index is 0.0229. The van der Waals surface area contributed by atoms with Crippen LogP contribution in [0, 0.1) is 5.92 Å². The third-order valence-corrected chi connectivity index (χ3v) is 4.65. The van der Waals surface area contributed by atoms with Gasteiger partial charge < -0.3 is 4.74 Å². The van der Waals surface area contributed by atoms with Gasteiger partial charge in [-0.1, -0.05) is 18.6 Å². The summed E-state index contributed by atoms with van der Waals surface area (Å²) in [4.78, 5) is 12.0. The van der Waals surface area contributed by atoms with Crippen molar-refractivity contribution in [1.29, 1.82) is 0 Å². The van der Waals surface area contributed by atoms with Gasteiger partial charge in [0.1, 0.15) is 0 Å². The second kappa shape index (κ2) is 7.57. The largest absolute Gasteiger partial charge is 0.463 e. The molecule has 0 radical (unpaired) electrons. The zero-order valence-electron chi connectivity index (χ0n) is 14.9. The topological polar surface area (TPSA) is 57.0 Å². The van der Waals surface area contributed by atoms with Gasteiger partial charge in [0.15, 0.2) is 5.69 Å². The van der Waals surface area contributed by atoms with E-state index in [1.54, 1.807) is 11.6 Å². The lowest BCUT2D eigenvalue weighted by atomic mass is 9.86. The van der Waals surface area contributed by atoms with E-state index in [9.17, 15) is 4.79 Å². The van der Waals surface area contributed by atoms with Crippen LogP contribution in [0.3, 0.4) is 0 Å². The summed E-state index contributed by atoms with van der Waals surface area (Å²) in [5, 5.41) is 7.70. The third kappa shape index (κ3) is 3.92. The van der Waals surface area contributed by atoms with E-state index in [1.165, 1.54) is 0 Å². The number of alkyl halides is 2. The van der Waals surface area contributed by atoms with Crippen LogP contribution >= 0.6 is 0 Å². The Hall–Kier alpha value is -1.53. The first kappa shape index (κ1) is 18.8. The summed E-state index contributed by atoms with van der Waals surface area (Å²) in [6.07, 6.45) is 2.40. The van der Waals surface area contributed by atoms with Gasteiger partial charge in [-0.15, -0.1) is 5.10 Å². The smallest absolute Gasteiger partial charge is 0.306 e. The van der Waals surface area contributed by atoms with Crippen LogP contribution in [0.2, 0.25) is 0 Å². The van der Waals surface area contributed by atoms with E-state index < -0.39 is 17.8 Å². The maximum atomic E-state index is 15.0. The second-order valence-corrected chi connectivity index (χ2v) is 6.90. The van der Waals surface area contributed by atoms with Crippen LogP contribution in [0.4, 0.5) is 8.78 Å². The van der Waals surface area contributed by atoms with Crippen molar-refractivity contribution in [2.24, 2.45) is 5.92 Å². The van der Waals surface area contributed by atoms with Crippen molar-refractivity contribution in [1.82, 2.24) is 15.0 Å². The highest BCUT2D eigenvalue weighted by Gasteiger charge is 2.47. The van der Waals surface area contributed by atoms with Crippen LogP contribution < -0.4 is 0 Å². The van der Waals surface area contributed by atoms with Gasteiger partial charge in [0.2, 0.25) is 0 Å². The maximum absolute atomic E-state index is 15.0. The molecule has 0 aromatic carbocycles. The van der Waals surface area contributed by atoms with Crippen molar-refractivity contribution in [3.8, 4) is 0 Å². The van der Waals surface area contributed by atoms with Crippen LogP contribution in [-0.4, -0.2) is 27.1 Å². The molecule has 5 nitrogen and oxygen atoms in total. The average molecular weight is 343 g/mol. The zero-order chi connectivity index (χ0) is 17.9. The molecule has 0 saturated heterocycles. The molecule has 0 N–H and O–H groups in total. The molecule has 1 aromatic heterocycles. The summed E-state index contributed by atoms with van der Waals surface area (Å²) in [5.74, 6) is -4.82. The Labute approximate surface area is 141 Å². The minimum Gasteiger partial charge on any atom is -0.463 e. The van der Waals surface area contributed by atoms with Crippen LogP contribution in [-0.2, 0) is 21.9 Å². The molecule has 2 rings (SSSR count). The van der Waals surface area contributed by atoms with E-state index in [0.717, 1.165) is 6.42 Å². The number of fused-ring (bicyclic) bond motifs is 1. The Morgan fingerprint density at radius 2 is 2.08 bits per heavy atom. The van der Waals surface area contributed by atoms with Crippen LogP contribution in [0.15, 0.2) is 0 Å². The van der Waals surface area contributed by atoms with Crippen LogP contribution in [0.5, 0.6) is 0 Å². The summed E-state index contributed by atoms with van der Waals surface area (Å²) in [6, 6.07) is -0.0229. The van der Waals surface area contributed by atoms with Crippen molar-refractivity contribution in [3.63, 3.8) is 0 Å². The highest BCUT2D eigenvalue weighted by Crippen LogP contribution is 2.43. The van der Waals surface area contributed by atoms with E-state index in [2.05, 4.69) is 10.3 Å². The van der Waals surface area contributed by atoms with E-state index in [-0.39, 0.29) is 30.7 Å². The Morgan fingerprint density at radius 1 is 1.38 bits per heavy atom. The number of esters is 1. The summed E-state index contributed by atoms with van der Waals surface area (Å²) in [7, 11) is 0. The molecule has 1 aliphatic carbocycles. The number of hydrogen-bond donors (Lipinski definition) is 0. The summed E-state index contributed by atoms with van der Waals surface area (Å²) >= 11 is 0. The van der Waals surface area contributed by atoms with E-state index in [4.69, 9.17) is 4.74 Å². The van der Waals surface area contributed by atoms with Gasteiger partial charge in [0.25, 0.3) is 5.92 Å². The Balaban J connectivity index is 2.25. The number of aromatic nitrogens is 3. The zero-order valence-corrected chi connectivity index (χ0v) is 14.9. The highest BCUT2D eigenvalue weighted by atomic mass is 19.3. The van der Waals surface area contributed by atoms with Crippen molar-refractivity contribution in [2.45, 2.75) is 84.3 Å².